The van der Waals surface area contributed by atoms with Crippen molar-refractivity contribution in [1.82, 2.24) is 15.1 Å². The Morgan fingerprint density at radius 1 is 1.02 bits per heavy atom. The Morgan fingerprint density at radius 2 is 1.67 bits per heavy atom. The van der Waals surface area contributed by atoms with E-state index in [0.717, 1.165) is 18.2 Å². The van der Waals surface area contributed by atoms with Crippen molar-refractivity contribution >= 4 is 39.1 Å². The number of carbonyl (C=O) groups is 1. The van der Waals surface area contributed by atoms with Crippen molar-refractivity contribution in [3.63, 3.8) is 0 Å². The van der Waals surface area contributed by atoms with Gasteiger partial charge in [-0.15, -0.1) is 0 Å². The molecular formula is C28H26BBrF3N3O6S. The molecule has 1 aromatic heterocycles. The van der Waals surface area contributed by atoms with E-state index in [0.29, 0.717) is 21.8 Å². The van der Waals surface area contributed by atoms with Gasteiger partial charge in [-0.1, -0.05) is 66.2 Å². The molecule has 1 atom stereocenters. The predicted molar refractivity (Wildman–Crippen MR) is 157 cm³/mol. The molecule has 1 amide bonds. The van der Waals surface area contributed by atoms with Gasteiger partial charge in [-0.25, -0.2) is 0 Å². The molecule has 0 bridgehead atoms. The Hall–Kier alpha value is -3.66. The van der Waals surface area contributed by atoms with Crippen LogP contribution in [0.4, 0.5) is 13.2 Å². The molecule has 0 aliphatic heterocycles. The number of rotatable bonds is 10. The zero-order valence-corrected chi connectivity index (χ0v) is 25.2. The molecule has 226 valence electrons. The van der Waals surface area contributed by atoms with Crippen LogP contribution >= 0.6 is 15.9 Å². The zero-order chi connectivity index (χ0) is 31.5. The fraction of sp³-hybridized carbons (Fsp3) is 0.214. The van der Waals surface area contributed by atoms with E-state index in [9.17, 15) is 36.4 Å². The minimum absolute atomic E-state index is 0.191. The fourth-order valence-corrected chi connectivity index (χ4v) is 5.74. The lowest BCUT2D eigenvalue weighted by atomic mass is 9.73. The van der Waals surface area contributed by atoms with Crippen LogP contribution in [0.5, 0.6) is 5.75 Å². The number of aromatic nitrogens is 2. The molecule has 3 aromatic carbocycles. The summed E-state index contributed by atoms with van der Waals surface area (Å²) in [5.74, 6) is -1.99. The Labute approximate surface area is 254 Å². The Balaban J connectivity index is 1.74. The number of alkyl halides is 3. The molecule has 0 aliphatic carbocycles. The normalized spacial score (nSPS) is 12.7. The van der Waals surface area contributed by atoms with Crippen LogP contribution < -0.4 is 9.50 Å². The number of carbonyl (C=O) groups excluding carboxylic acids is 1. The number of amides is 1. The summed E-state index contributed by atoms with van der Waals surface area (Å²) in [6, 6.07) is 17.9. The highest BCUT2D eigenvalue weighted by Gasteiger charge is 2.32. The molecule has 0 saturated carbocycles. The van der Waals surface area contributed by atoms with Crippen molar-refractivity contribution in [2.75, 3.05) is 0 Å². The van der Waals surface area contributed by atoms with E-state index in [4.69, 9.17) is 4.18 Å². The first-order chi connectivity index (χ1) is 20.2. The van der Waals surface area contributed by atoms with Crippen LogP contribution in [-0.2, 0) is 27.6 Å². The van der Waals surface area contributed by atoms with Crippen LogP contribution in [0.25, 0.3) is 22.5 Å². The first kappa shape index (κ1) is 32.3. The topological polar surface area (TPSA) is 131 Å². The second-order valence-electron chi connectivity index (χ2n) is 9.86. The summed E-state index contributed by atoms with van der Waals surface area (Å²) >= 11 is 3.49. The number of para-hydroxylation sites is 1. The largest absolute Gasteiger partial charge is 0.475 e. The van der Waals surface area contributed by atoms with Gasteiger partial charge in [0, 0.05) is 15.6 Å². The molecule has 4 aromatic rings. The van der Waals surface area contributed by atoms with Crippen LogP contribution in [0.15, 0.2) is 88.2 Å². The van der Waals surface area contributed by atoms with Gasteiger partial charge in [0.05, 0.1) is 22.9 Å². The lowest BCUT2D eigenvalue weighted by Crippen LogP contribution is -2.50. The van der Waals surface area contributed by atoms with Crippen molar-refractivity contribution in [3.8, 4) is 28.3 Å². The summed E-state index contributed by atoms with van der Waals surface area (Å²) in [5.41, 5.74) is 0.353. The van der Waals surface area contributed by atoms with E-state index >= 15 is 0 Å². The van der Waals surface area contributed by atoms with Gasteiger partial charge in [0.15, 0.2) is 5.75 Å². The average Bonchev–Trinajstić information content (AvgIpc) is 3.34. The number of nitrogens with zero attached hydrogens (tertiary/aromatic N) is 2. The summed E-state index contributed by atoms with van der Waals surface area (Å²) in [6.45, 7) is 3.10. The quantitative estimate of drug-likeness (QED) is 0.160. The molecule has 15 heteroatoms. The van der Waals surface area contributed by atoms with E-state index in [2.05, 4.69) is 26.3 Å². The molecule has 43 heavy (non-hydrogen) atoms. The first-order valence-corrected chi connectivity index (χ1v) is 15.1. The van der Waals surface area contributed by atoms with Gasteiger partial charge < -0.3 is 19.5 Å². The van der Waals surface area contributed by atoms with Gasteiger partial charge >= 0.3 is 23.4 Å². The number of hydrogen-bond donors (Lipinski definition) is 3. The molecule has 3 N–H and O–H groups in total. The van der Waals surface area contributed by atoms with Crippen molar-refractivity contribution < 1.29 is 40.6 Å². The Kier molecular flexibility index (Phi) is 9.69. The SMILES string of the molecule is CC(C)[C@H](NC(=O)Cn1nc(-c2ccccc2OS(=O)(=O)c2cccc(C(F)(F)F)c2)cc1-c1ccccc1Br)B(O)O. The van der Waals surface area contributed by atoms with Crippen molar-refractivity contribution in [3.05, 3.63) is 88.9 Å². The molecular weight excluding hydrogens is 654 g/mol. The summed E-state index contributed by atoms with van der Waals surface area (Å²) in [4.78, 5) is 12.3. The number of nitrogens with one attached hydrogen (secondary N) is 1. The van der Waals surface area contributed by atoms with Gasteiger partial charge in [-0.05, 0) is 48.4 Å². The maximum absolute atomic E-state index is 13.2. The highest BCUT2D eigenvalue weighted by molar-refractivity contribution is 9.10. The standard InChI is InChI=1S/C28H26BBrF3N3O6S/c1-17(2)27(29(38)39)34-26(37)16-36-24(20-10-3-5-12-22(20)30)15-23(35-36)21-11-4-6-13-25(21)42-43(40,41)19-9-7-8-18(14-19)28(31,32)33/h3-15,17,27,38-39H,16H2,1-2H3,(H,34,37)/t27-/m0/s1. The van der Waals surface area contributed by atoms with Gasteiger partial charge in [0.25, 0.3) is 0 Å². The minimum Gasteiger partial charge on any atom is -0.426 e. The van der Waals surface area contributed by atoms with Crippen LogP contribution in [0.1, 0.15) is 19.4 Å². The molecule has 0 fully saturated rings. The molecule has 4 rings (SSSR count). The lowest BCUT2D eigenvalue weighted by Gasteiger charge is -2.21. The highest BCUT2D eigenvalue weighted by Crippen LogP contribution is 2.36. The van der Waals surface area contributed by atoms with E-state index in [-0.39, 0.29) is 29.5 Å². The van der Waals surface area contributed by atoms with Crippen LogP contribution in [0.2, 0.25) is 0 Å². The molecule has 0 aliphatic rings. The molecule has 0 spiro atoms. The smallest absolute Gasteiger partial charge is 0.426 e. The van der Waals surface area contributed by atoms with E-state index in [1.54, 1.807) is 50.2 Å². The third kappa shape index (κ3) is 7.65. The summed E-state index contributed by atoms with van der Waals surface area (Å²) in [5, 5.41) is 26.5. The zero-order valence-electron chi connectivity index (χ0n) is 22.8. The number of hydrogen-bond acceptors (Lipinski definition) is 7. The van der Waals surface area contributed by atoms with Gasteiger partial charge in [-0.2, -0.15) is 26.7 Å². The molecule has 9 nitrogen and oxygen atoms in total. The minimum atomic E-state index is -4.75. The number of benzene rings is 3. The second-order valence-corrected chi connectivity index (χ2v) is 12.3. The predicted octanol–water partition coefficient (Wildman–Crippen LogP) is 4.92. The van der Waals surface area contributed by atoms with Crippen LogP contribution in [0, 0.1) is 5.92 Å². The maximum atomic E-state index is 13.2. The van der Waals surface area contributed by atoms with Crippen molar-refractivity contribution in [2.45, 2.75) is 37.4 Å². The summed E-state index contributed by atoms with van der Waals surface area (Å²) in [7, 11) is -6.48. The van der Waals surface area contributed by atoms with E-state index in [1.807, 2.05) is 0 Å². The van der Waals surface area contributed by atoms with Gasteiger partial charge in [-0.3, -0.25) is 9.48 Å². The van der Waals surface area contributed by atoms with Crippen molar-refractivity contribution in [1.29, 1.82) is 0 Å². The third-order valence-electron chi connectivity index (χ3n) is 6.40. The molecule has 0 unspecified atom stereocenters. The van der Waals surface area contributed by atoms with Crippen LogP contribution in [0.3, 0.4) is 0 Å². The summed E-state index contributed by atoms with van der Waals surface area (Å²) in [6.07, 6.45) is -4.75. The first-order valence-electron chi connectivity index (χ1n) is 12.9. The maximum Gasteiger partial charge on any atom is 0.475 e. The van der Waals surface area contributed by atoms with Gasteiger partial charge in [0.1, 0.15) is 11.4 Å². The average molecular weight is 680 g/mol. The Bertz CT molecular complexity index is 1720. The van der Waals surface area contributed by atoms with E-state index in [1.165, 1.54) is 22.9 Å². The molecule has 0 saturated heterocycles. The highest BCUT2D eigenvalue weighted by atomic mass is 79.9. The van der Waals surface area contributed by atoms with Crippen molar-refractivity contribution in [2.24, 2.45) is 5.92 Å². The summed E-state index contributed by atoms with van der Waals surface area (Å²) < 4.78 is 73.1. The number of halogens is 4. The molecule has 0 radical (unpaired) electrons. The van der Waals surface area contributed by atoms with Gasteiger partial charge in [0.2, 0.25) is 5.91 Å². The molecule has 1 heterocycles. The fourth-order valence-electron chi connectivity index (χ4n) is 4.25. The van der Waals surface area contributed by atoms with E-state index < -0.39 is 45.7 Å². The van der Waals surface area contributed by atoms with Crippen LogP contribution in [-0.4, -0.2) is 47.2 Å². The second kappa shape index (κ2) is 12.9. The third-order valence-corrected chi connectivity index (χ3v) is 8.32. The lowest BCUT2D eigenvalue weighted by molar-refractivity contribution is -0.137. The monoisotopic (exact) mass is 679 g/mol. The Morgan fingerprint density at radius 3 is 2.30 bits per heavy atom.